The first kappa shape index (κ1) is 12.3. The fourth-order valence-corrected chi connectivity index (χ4v) is 1.26. The van der Waals surface area contributed by atoms with Crippen molar-refractivity contribution in [3.63, 3.8) is 0 Å². The summed E-state index contributed by atoms with van der Waals surface area (Å²) in [7, 11) is 0. The largest absolute Gasteiger partial charge is 0.479 e. The van der Waals surface area contributed by atoms with Crippen LogP contribution in [0.25, 0.3) is 0 Å². The van der Waals surface area contributed by atoms with E-state index in [1.807, 2.05) is 0 Å². The highest BCUT2D eigenvalue weighted by Crippen LogP contribution is 2.23. The van der Waals surface area contributed by atoms with Gasteiger partial charge in [-0.2, -0.15) is 0 Å². The van der Waals surface area contributed by atoms with E-state index in [1.54, 1.807) is 0 Å². The molecule has 2 unspecified atom stereocenters. The molecule has 1 aromatic carbocycles. The van der Waals surface area contributed by atoms with Crippen LogP contribution in [0.4, 0.5) is 4.39 Å². The fraction of sp³-hybridized carbons (Fsp3) is 0.200. The number of aliphatic hydroxyl groups is 2. The van der Waals surface area contributed by atoms with E-state index < -0.39 is 29.6 Å². The summed E-state index contributed by atoms with van der Waals surface area (Å²) in [6, 6.07) is 3.41. The van der Waals surface area contributed by atoms with Gasteiger partial charge in [-0.25, -0.2) is 9.18 Å². The average Bonchev–Trinajstić information content (AvgIpc) is 2.26. The molecule has 5 nitrogen and oxygen atoms in total. The van der Waals surface area contributed by atoms with Gasteiger partial charge in [-0.1, -0.05) is 12.1 Å². The molecule has 1 aromatic rings. The predicted molar refractivity (Wildman–Crippen MR) is 50.4 cm³/mol. The van der Waals surface area contributed by atoms with Crippen LogP contribution in [0.15, 0.2) is 18.2 Å². The lowest BCUT2D eigenvalue weighted by Crippen LogP contribution is -2.28. The van der Waals surface area contributed by atoms with E-state index in [0.717, 1.165) is 6.07 Å². The van der Waals surface area contributed by atoms with Crippen molar-refractivity contribution in [1.29, 1.82) is 0 Å². The van der Waals surface area contributed by atoms with Crippen molar-refractivity contribution in [3.05, 3.63) is 35.1 Å². The first-order chi connectivity index (χ1) is 7.49. The molecule has 16 heavy (non-hydrogen) atoms. The van der Waals surface area contributed by atoms with Crippen LogP contribution in [-0.2, 0) is 4.79 Å². The molecule has 1 rings (SSSR count). The minimum absolute atomic E-state index is 0.201. The SMILES string of the molecule is O=Cc1cccc(F)c1C(O)C(O)C(=O)O. The number of benzene rings is 1. The van der Waals surface area contributed by atoms with Crippen molar-refractivity contribution in [2.75, 3.05) is 0 Å². The van der Waals surface area contributed by atoms with Crippen LogP contribution in [0.1, 0.15) is 22.0 Å². The number of aliphatic hydroxyl groups excluding tert-OH is 2. The standard InChI is InChI=1S/C10H9FO5/c11-6-3-1-2-5(4-12)7(6)8(13)9(14)10(15)16/h1-4,8-9,13-14H,(H,15,16). The molecule has 0 aromatic heterocycles. The summed E-state index contributed by atoms with van der Waals surface area (Å²) < 4.78 is 13.3. The van der Waals surface area contributed by atoms with Crippen LogP contribution in [0.3, 0.4) is 0 Å². The molecule has 86 valence electrons. The molecule has 0 heterocycles. The second kappa shape index (κ2) is 4.82. The van der Waals surface area contributed by atoms with Crippen molar-refractivity contribution in [2.45, 2.75) is 12.2 Å². The van der Waals surface area contributed by atoms with Gasteiger partial charge in [0.2, 0.25) is 0 Å². The highest BCUT2D eigenvalue weighted by Gasteiger charge is 2.29. The zero-order valence-electron chi connectivity index (χ0n) is 8.00. The smallest absolute Gasteiger partial charge is 0.335 e. The van der Waals surface area contributed by atoms with Crippen LogP contribution in [0.5, 0.6) is 0 Å². The first-order valence-corrected chi connectivity index (χ1v) is 4.31. The number of aliphatic carboxylic acids is 1. The highest BCUT2D eigenvalue weighted by atomic mass is 19.1. The maximum absolute atomic E-state index is 13.3. The Morgan fingerprint density at radius 2 is 2.00 bits per heavy atom. The zero-order chi connectivity index (χ0) is 12.3. The van der Waals surface area contributed by atoms with Crippen LogP contribution < -0.4 is 0 Å². The zero-order valence-corrected chi connectivity index (χ0v) is 8.00. The van der Waals surface area contributed by atoms with Crippen molar-refractivity contribution < 1.29 is 29.3 Å². The van der Waals surface area contributed by atoms with Gasteiger partial charge < -0.3 is 15.3 Å². The maximum atomic E-state index is 13.3. The van der Waals surface area contributed by atoms with Crippen LogP contribution >= 0.6 is 0 Å². The van der Waals surface area contributed by atoms with Crippen LogP contribution in [0, 0.1) is 5.82 Å². The first-order valence-electron chi connectivity index (χ1n) is 4.31. The molecule has 0 aliphatic carbocycles. The Morgan fingerprint density at radius 3 is 2.50 bits per heavy atom. The topological polar surface area (TPSA) is 94.8 Å². The van der Waals surface area contributed by atoms with E-state index in [-0.39, 0.29) is 11.8 Å². The predicted octanol–water partition coefficient (Wildman–Crippen LogP) is 0.117. The quantitative estimate of drug-likeness (QED) is 0.636. The number of hydrogen-bond acceptors (Lipinski definition) is 4. The summed E-state index contributed by atoms with van der Waals surface area (Å²) in [5.74, 6) is -2.65. The molecule has 0 aliphatic rings. The van der Waals surface area contributed by atoms with E-state index in [0.29, 0.717) is 0 Å². The molecular formula is C10H9FO5. The number of carboxylic acids is 1. The molecule has 0 spiro atoms. The Bertz CT molecular complexity index is 418. The van der Waals surface area contributed by atoms with Gasteiger partial charge in [0.25, 0.3) is 0 Å². The number of halogens is 1. The van der Waals surface area contributed by atoms with Crippen molar-refractivity contribution in [2.24, 2.45) is 0 Å². The molecule has 0 bridgehead atoms. The minimum atomic E-state index is -2.18. The Morgan fingerprint density at radius 1 is 1.38 bits per heavy atom. The second-order valence-electron chi connectivity index (χ2n) is 3.09. The lowest BCUT2D eigenvalue weighted by molar-refractivity contribution is -0.153. The summed E-state index contributed by atoms with van der Waals surface area (Å²) in [6.45, 7) is 0. The number of carboxylic acid groups (broad SMARTS) is 1. The third kappa shape index (κ3) is 2.23. The lowest BCUT2D eigenvalue weighted by atomic mass is 9.98. The molecule has 0 saturated heterocycles. The number of rotatable bonds is 4. The van der Waals surface area contributed by atoms with Gasteiger partial charge in [-0.3, -0.25) is 4.79 Å². The molecule has 6 heteroatoms. The van der Waals surface area contributed by atoms with E-state index in [2.05, 4.69) is 0 Å². The van der Waals surface area contributed by atoms with E-state index in [4.69, 9.17) is 10.2 Å². The summed E-state index contributed by atoms with van der Waals surface area (Å²) in [4.78, 5) is 21.0. The molecule has 3 N–H and O–H groups in total. The molecule has 0 fully saturated rings. The van der Waals surface area contributed by atoms with E-state index in [1.165, 1.54) is 12.1 Å². The van der Waals surface area contributed by atoms with Gasteiger partial charge in [-0.05, 0) is 6.07 Å². The van der Waals surface area contributed by atoms with Gasteiger partial charge in [0.15, 0.2) is 12.4 Å². The Labute approximate surface area is 89.8 Å². The summed E-state index contributed by atoms with van der Waals surface area (Å²) in [5, 5.41) is 26.9. The van der Waals surface area contributed by atoms with E-state index >= 15 is 0 Å². The van der Waals surface area contributed by atoms with Crippen LogP contribution in [0.2, 0.25) is 0 Å². The summed E-state index contributed by atoms with van der Waals surface area (Å²) >= 11 is 0. The van der Waals surface area contributed by atoms with Crippen molar-refractivity contribution in [1.82, 2.24) is 0 Å². The third-order valence-corrected chi connectivity index (χ3v) is 2.06. The van der Waals surface area contributed by atoms with Gasteiger partial charge in [0, 0.05) is 11.1 Å². The minimum Gasteiger partial charge on any atom is -0.479 e. The molecule has 0 aliphatic heterocycles. The van der Waals surface area contributed by atoms with Gasteiger partial charge in [0.1, 0.15) is 11.9 Å². The average molecular weight is 228 g/mol. The lowest BCUT2D eigenvalue weighted by Gasteiger charge is -2.16. The number of hydrogen-bond donors (Lipinski definition) is 3. The fourth-order valence-electron chi connectivity index (χ4n) is 1.26. The number of carbonyl (C=O) groups is 2. The van der Waals surface area contributed by atoms with Gasteiger partial charge in [-0.15, -0.1) is 0 Å². The number of carbonyl (C=O) groups excluding carboxylic acids is 1. The van der Waals surface area contributed by atoms with Crippen molar-refractivity contribution in [3.8, 4) is 0 Å². The Hall–Kier alpha value is -1.79. The molecular weight excluding hydrogens is 219 g/mol. The Kier molecular flexibility index (Phi) is 3.70. The highest BCUT2D eigenvalue weighted by molar-refractivity contribution is 5.79. The number of aldehydes is 1. The summed E-state index contributed by atoms with van der Waals surface area (Å²) in [5.41, 5.74) is -0.722. The van der Waals surface area contributed by atoms with E-state index in [9.17, 15) is 19.1 Å². The van der Waals surface area contributed by atoms with Gasteiger partial charge >= 0.3 is 5.97 Å². The summed E-state index contributed by atoms with van der Waals surface area (Å²) in [6.07, 6.45) is -3.90. The van der Waals surface area contributed by atoms with Crippen molar-refractivity contribution >= 4 is 12.3 Å². The normalized spacial score (nSPS) is 14.2. The Balaban J connectivity index is 3.21. The molecule has 0 radical (unpaired) electrons. The van der Waals surface area contributed by atoms with Crippen LogP contribution in [-0.4, -0.2) is 33.7 Å². The monoisotopic (exact) mass is 228 g/mol. The molecule has 0 amide bonds. The molecule has 0 saturated carbocycles. The third-order valence-electron chi connectivity index (χ3n) is 2.06. The maximum Gasteiger partial charge on any atom is 0.335 e. The van der Waals surface area contributed by atoms with Gasteiger partial charge in [0.05, 0.1) is 0 Å². The second-order valence-corrected chi connectivity index (χ2v) is 3.09. The molecule has 2 atom stereocenters.